The minimum atomic E-state index is -0.668. The fourth-order valence-electron chi connectivity index (χ4n) is 1.46. The van der Waals surface area contributed by atoms with Crippen molar-refractivity contribution in [1.29, 1.82) is 0 Å². The van der Waals surface area contributed by atoms with Crippen molar-refractivity contribution < 1.29 is 28.7 Å². The minimum absolute atomic E-state index is 0.0579. The number of hydrogen-bond acceptors (Lipinski definition) is 8. The lowest BCUT2D eigenvalue weighted by molar-refractivity contribution is -0.142. The maximum absolute atomic E-state index is 11.6. The Morgan fingerprint density at radius 2 is 1.08 bits per heavy atom. The molecule has 0 saturated carbocycles. The maximum atomic E-state index is 11.6. The topological polar surface area (TPSA) is 136 Å². The predicted octanol–water partition coefficient (Wildman–Crippen LogP) is 0.267. The van der Waals surface area contributed by atoms with Gasteiger partial charge in [-0.05, 0) is 27.7 Å². The fourth-order valence-corrected chi connectivity index (χ4v) is 1.46. The van der Waals surface area contributed by atoms with E-state index < -0.39 is 30.2 Å². The second kappa shape index (κ2) is 12.6. The van der Waals surface area contributed by atoms with Gasteiger partial charge < -0.3 is 9.47 Å². The average Bonchev–Trinajstić information content (AvgIpc) is 2.51. The van der Waals surface area contributed by atoms with Crippen LogP contribution in [-0.4, -0.2) is 48.4 Å². The molecule has 0 aliphatic rings. The molecule has 0 fully saturated rings. The number of hydrazone groups is 2. The van der Waals surface area contributed by atoms with E-state index in [1.54, 1.807) is 27.7 Å². The highest BCUT2D eigenvalue weighted by Gasteiger charge is 2.10. The monoisotopic (exact) mass is 356 g/mol. The van der Waals surface area contributed by atoms with Crippen LogP contribution in [0.25, 0.3) is 0 Å². The number of hydrogen-bond donors (Lipinski definition) is 2. The summed E-state index contributed by atoms with van der Waals surface area (Å²) in [5.74, 6) is -2.25. The standard InChI is InChI=1S/C15H24N4O6/c1-5-24-14(22)7-10(3)16-18-12(20)9-13(21)19-17-11(4)8-15(23)25-6-2/h5-9H2,1-4H3,(H,18,20)(H,19,21)/b16-10+,17-11+. The van der Waals surface area contributed by atoms with Crippen LogP contribution < -0.4 is 10.9 Å². The Labute approximate surface area is 146 Å². The SMILES string of the molecule is CCOC(=O)C/C(C)=N/NC(=O)CC(=O)N/N=C(\C)CC(=O)OCC. The van der Waals surface area contributed by atoms with Crippen LogP contribution in [0.1, 0.15) is 47.0 Å². The Kier molecular flexibility index (Phi) is 11.2. The summed E-state index contributed by atoms with van der Waals surface area (Å²) in [6.07, 6.45) is -0.623. The third kappa shape index (κ3) is 12.3. The quantitative estimate of drug-likeness (QED) is 0.249. The highest BCUT2D eigenvalue weighted by atomic mass is 16.5. The van der Waals surface area contributed by atoms with E-state index in [1.807, 2.05) is 0 Å². The van der Waals surface area contributed by atoms with Crippen LogP contribution >= 0.6 is 0 Å². The lowest BCUT2D eigenvalue weighted by atomic mass is 10.3. The highest BCUT2D eigenvalue weighted by Crippen LogP contribution is 1.92. The normalized spacial score (nSPS) is 11.5. The molecule has 0 saturated heterocycles. The van der Waals surface area contributed by atoms with Crippen molar-refractivity contribution in [2.24, 2.45) is 10.2 Å². The Balaban J connectivity index is 4.23. The number of rotatable bonds is 10. The van der Waals surface area contributed by atoms with Gasteiger partial charge in [0.15, 0.2) is 0 Å². The third-order valence-electron chi connectivity index (χ3n) is 2.48. The number of carbonyl (C=O) groups is 4. The van der Waals surface area contributed by atoms with E-state index in [0.717, 1.165) is 0 Å². The number of esters is 2. The molecule has 0 heterocycles. The summed E-state index contributed by atoms with van der Waals surface area (Å²) in [5.41, 5.74) is 5.00. The van der Waals surface area contributed by atoms with E-state index in [9.17, 15) is 19.2 Å². The molecule has 140 valence electrons. The van der Waals surface area contributed by atoms with Gasteiger partial charge in [0.05, 0.1) is 26.1 Å². The number of nitrogens with one attached hydrogen (secondary N) is 2. The van der Waals surface area contributed by atoms with E-state index in [2.05, 4.69) is 21.1 Å². The molecule has 0 aliphatic heterocycles. The lowest BCUT2D eigenvalue weighted by Gasteiger charge is -2.04. The van der Waals surface area contributed by atoms with Gasteiger partial charge >= 0.3 is 11.9 Å². The lowest BCUT2D eigenvalue weighted by Crippen LogP contribution is -2.28. The van der Waals surface area contributed by atoms with Crippen LogP contribution in [0.2, 0.25) is 0 Å². The van der Waals surface area contributed by atoms with Crippen molar-refractivity contribution in [2.75, 3.05) is 13.2 Å². The molecule has 0 unspecified atom stereocenters. The molecule has 0 aromatic rings. The zero-order chi connectivity index (χ0) is 19.2. The van der Waals surface area contributed by atoms with E-state index in [0.29, 0.717) is 11.4 Å². The molecule has 0 rings (SSSR count). The van der Waals surface area contributed by atoms with Crippen LogP contribution in [0.3, 0.4) is 0 Å². The number of ether oxygens (including phenoxy) is 2. The average molecular weight is 356 g/mol. The van der Waals surface area contributed by atoms with E-state index in [4.69, 9.17) is 9.47 Å². The Morgan fingerprint density at radius 1 is 0.720 bits per heavy atom. The van der Waals surface area contributed by atoms with Gasteiger partial charge in [-0.15, -0.1) is 0 Å². The van der Waals surface area contributed by atoms with Crippen molar-refractivity contribution in [1.82, 2.24) is 10.9 Å². The molecule has 0 spiro atoms. The first-order valence-electron chi connectivity index (χ1n) is 7.73. The van der Waals surface area contributed by atoms with E-state index >= 15 is 0 Å². The first-order chi connectivity index (χ1) is 11.8. The van der Waals surface area contributed by atoms with Crippen molar-refractivity contribution >= 4 is 35.2 Å². The number of amides is 2. The largest absolute Gasteiger partial charge is 0.466 e. The summed E-state index contributed by atoms with van der Waals surface area (Å²) in [6.45, 7) is 6.97. The van der Waals surface area contributed by atoms with Gasteiger partial charge in [0.1, 0.15) is 6.42 Å². The highest BCUT2D eigenvalue weighted by molar-refractivity contribution is 6.01. The van der Waals surface area contributed by atoms with Crippen LogP contribution in [0.5, 0.6) is 0 Å². The first kappa shape index (κ1) is 22.2. The van der Waals surface area contributed by atoms with E-state index in [1.165, 1.54) is 0 Å². The predicted molar refractivity (Wildman–Crippen MR) is 89.6 cm³/mol. The van der Waals surface area contributed by atoms with Gasteiger partial charge in [0.2, 0.25) is 11.8 Å². The molecule has 0 aromatic carbocycles. The Morgan fingerprint density at radius 3 is 1.40 bits per heavy atom. The van der Waals surface area contributed by atoms with Gasteiger partial charge in [-0.3, -0.25) is 19.2 Å². The summed E-state index contributed by atoms with van der Waals surface area (Å²) in [5, 5.41) is 7.39. The first-order valence-corrected chi connectivity index (χ1v) is 7.73. The molecule has 10 heteroatoms. The van der Waals surface area contributed by atoms with Gasteiger partial charge in [-0.2, -0.15) is 10.2 Å². The zero-order valence-corrected chi connectivity index (χ0v) is 14.9. The Hall–Kier alpha value is -2.78. The summed E-state index contributed by atoms with van der Waals surface area (Å²) in [7, 11) is 0. The smallest absolute Gasteiger partial charge is 0.311 e. The molecule has 0 radical (unpaired) electrons. The van der Waals surface area contributed by atoms with E-state index in [-0.39, 0.29) is 26.1 Å². The summed E-state index contributed by atoms with van der Waals surface area (Å²) in [6, 6.07) is 0. The van der Waals surface area contributed by atoms with Crippen LogP contribution in [0.15, 0.2) is 10.2 Å². The maximum Gasteiger partial charge on any atom is 0.311 e. The minimum Gasteiger partial charge on any atom is -0.466 e. The van der Waals surface area contributed by atoms with Gasteiger partial charge in [0, 0.05) is 11.4 Å². The molecular formula is C15H24N4O6. The molecule has 0 bridgehead atoms. The van der Waals surface area contributed by atoms with Crippen LogP contribution in [-0.2, 0) is 28.7 Å². The molecule has 10 nitrogen and oxygen atoms in total. The number of nitrogens with zero attached hydrogens (tertiary/aromatic N) is 2. The van der Waals surface area contributed by atoms with Crippen molar-refractivity contribution in [3.8, 4) is 0 Å². The molecule has 25 heavy (non-hydrogen) atoms. The molecule has 2 amide bonds. The molecule has 2 N–H and O–H groups in total. The summed E-state index contributed by atoms with van der Waals surface area (Å²) < 4.78 is 9.47. The Bertz CT molecular complexity index is 508. The van der Waals surface area contributed by atoms with Crippen LogP contribution in [0.4, 0.5) is 0 Å². The third-order valence-corrected chi connectivity index (χ3v) is 2.48. The molecular weight excluding hydrogens is 332 g/mol. The zero-order valence-electron chi connectivity index (χ0n) is 14.9. The van der Waals surface area contributed by atoms with Crippen LogP contribution in [0, 0.1) is 0 Å². The van der Waals surface area contributed by atoms with Gasteiger partial charge in [-0.25, -0.2) is 10.9 Å². The molecule has 0 atom stereocenters. The van der Waals surface area contributed by atoms with Gasteiger partial charge in [-0.1, -0.05) is 0 Å². The van der Waals surface area contributed by atoms with Gasteiger partial charge in [0.25, 0.3) is 0 Å². The summed E-state index contributed by atoms with van der Waals surface area (Å²) in [4.78, 5) is 45.5. The van der Waals surface area contributed by atoms with Crippen molar-refractivity contribution in [2.45, 2.75) is 47.0 Å². The second-order valence-corrected chi connectivity index (χ2v) is 4.90. The fraction of sp³-hybridized carbons (Fsp3) is 0.600. The second-order valence-electron chi connectivity index (χ2n) is 4.90. The molecule has 0 aliphatic carbocycles. The molecule has 0 aromatic heterocycles. The summed E-state index contributed by atoms with van der Waals surface area (Å²) >= 11 is 0. The van der Waals surface area contributed by atoms with Crippen molar-refractivity contribution in [3.63, 3.8) is 0 Å². The number of carbonyl (C=O) groups excluding carboxylic acids is 4. The van der Waals surface area contributed by atoms with Crippen molar-refractivity contribution in [3.05, 3.63) is 0 Å².